The van der Waals surface area contributed by atoms with Gasteiger partial charge in [-0.2, -0.15) is 18.6 Å². The first kappa shape index (κ1) is 15.2. The standard InChI is InChI=1S/C9H11O2.ClH.Mg/c1-7-4-5-8(10-2)6-9(7)11-3;;/h4-6H,1H2,2-3H3;1H;/q-1;;+2/p-1. The van der Waals surface area contributed by atoms with Crippen molar-refractivity contribution in [3.05, 3.63) is 30.7 Å². The van der Waals surface area contributed by atoms with Gasteiger partial charge in [0.1, 0.15) is 0 Å². The number of rotatable bonds is 2. The van der Waals surface area contributed by atoms with Crippen LogP contribution in [0.5, 0.6) is 11.5 Å². The van der Waals surface area contributed by atoms with Gasteiger partial charge in [-0.05, 0) is 6.07 Å². The largest absolute Gasteiger partial charge is 2.00 e. The van der Waals surface area contributed by atoms with Crippen molar-refractivity contribution in [2.45, 2.75) is 0 Å². The minimum atomic E-state index is 0. The van der Waals surface area contributed by atoms with E-state index in [4.69, 9.17) is 9.47 Å². The normalized spacial score (nSPS) is 7.85. The molecule has 0 aliphatic rings. The Hall–Kier alpha value is -0.254. The summed E-state index contributed by atoms with van der Waals surface area (Å²) in [6.07, 6.45) is 0. The smallest absolute Gasteiger partial charge is 1.00 e. The van der Waals surface area contributed by atoms with Crippen LogP contribution in [0, 0.1) is 6.92 Å². The van der Waals surface area contributed by atoms with E-state index in [0.29, 0.717) is 0 Å². The molecule has 2 nitrogen and oxygen atoms in total. The molecule has 4 heteroatoms. The van der Waals surface area contributed by atoms with E-state index in [2.05, 4.69) is 6.92 Å². The first-order chi connectivity index (χ1) is 5.27. The molecule has 0 fully saturated rings. The number of ether oxygens (including phenoxy) is 2. The van der Waals surface area contributed by atoms with Gasteiger partial charge in [0.2, 0.25) is 0 Å². The molecule has 0 aromatic heterocycles. The summed E-state index contributed by atoms with van der Waals surface area (Å²) in [7, 11) is 3.24. The van der Waals surface area contributed by atoms with Crippen LogP contribution >= 0.6 is 0 Å². The fraction of sp³-hybridized carbons (Fsp3) is 0.222. The van der Waals surface area contributed by atoms with Crippen molar-refractivity contribution < 1.29 is 21.9 Å². The zero-order chi connectivity index (χ0) is 8.27. The maximum atomic E-state index is 5.04. The average molecular weight is 211 g/mol. The van der Waals surface area contributed by atoms with Crippen molar-refractivity contribution in [1.82, 2.24) is 0 Å². The Morgan fingerprint density at radius 1 is 1.15 bits per heavy atom. The maximum Gasteiger partial charge on any atom is 2.00 e. The van der Waals surface area contributed by atoms with E-state index in [1.54, 1.807) is 14.2 Å². The third kappa shape index (κ3) is 3.98. The van der Waals surface area contributed by atoms with Gasteiger partial charge < -0.3 is 21.9 Å². The van der Waals surface area contributed by atoms with E-state index in [1.165, 1.54) is 0 Å². The summed E-state index contributed by atoms with van der Waals surface area (Å²) in [6.45, 7) is 3.79. The van der Waals surface area contributed by atoms with Crippen molar-refractivity contribution in [2.75, 3.05) is 14.2 Å². The van der Waals surface area contributed by atoms with Crippen LogP contribution in [0.25, 0.3) is 0 Å². The Labute approximate surface area is 101 Å². The molecule has 0 saturated heterocycles. The molecule has 68 valence electrons. The van der Waals surface area contributed by atoms with Crippen LogP contribution < -0.4 is 21.9 Å². The molecule has 0 N–H and O–H groups in total. The third-order valence-electron chi connectivity index (χ3n) is 1.49. The summed E-state index contributed by atoms with van der Waals surface area (Å²) < 4.78 is 10.0. The van der Waals surface area contributed by atoms with E-state index >= 15 is 0 Å². The molecular formula is C9H11ClMgO2. The first-order valence-electron chi connectivity index (χ1n) is 3.32. The number of methoxy groups -OCH3 is 2. The second kappa shape index (κ2) is 7.18. The van der Waals surface area contributed by atoms with E-state index in [9.17, 15) is 0 Å². The predicted octanol–water partition coefficient (Wildman–Crippen LogP) is -1.49. The van der Waals surface area contributed by atoms with Gasteiger partial charge in [0.05, 0.1) is 20.0 Å². The SMILES string of the molecule is [CH2-]c1ccc(OC)cc1OC.[Cl-].[Mg+2]. The van der Waals surface area contributed by atoms with Crippen molar-refractivity contribution in [1.29, 1.82) is 0 Å². The molecule has 0 aliphatic carbocycles. The monoisotopic (exact) mass is 210 g/mol. The van der Waals surface area contributed by atoms with Gasteiger partial charge in [-0.25, -0.2) is 0 Å². The van der Waals surface area contributed by atoms with Crippen molar-refractivity contribution >= 4 is 23.1 Å². The topological polar surface area (TPSA) is 18.5 Å². The zero-order valence-electron chi connectivity index (χ0n) is 7.84. The molecule has 1 rings (SSSR count). The Morgan fingerprint density at radius 3 is 2.23 bits per heavy atom. The molecule has 0 spiro atoms. The number of benzene rings is 1. The summed E-state index contributed by atoms with van der Waals surface area (Å²) in [5, 5.41) is 0. The van der Waals surface area contributed by atoms with Crippen molar-refractivity contribution in [2.24, 2.45) is 0 Å². The second-order valence-electron chi connectivity index (χ2n) is 2.18. The maximum absolute atomic E-state index is 5.04. The zero-order valence-corrected chi connectivity index (χ0v) is 10.0. The third-order valence-corrected chi connectivity index (χ3v) is 1.49. The minimum Gasteiger partial charge on any atom is -1.00 e. The molecule has 0 heterocycles. The molecule has 0 saturated carbocycles. The number of hydrogen-bond acceptors (Lipinski definition) is 2. The predicted molar refractivity (Wildman–Crippen MR) is 49.8 cm³/mol. The van der Waals surface area contributed by atoms with Gasteiger partial charge in [0, 0.05) is 5.75 Å². The summed E-state index contributed by atoms with van der Waals surface area (Å²) in [4.78, 5) is 0. The molecule has 13 heavy (non-hydrogen) atoms. The van der Waals surface area contributed by atoms with Crippen LogP contribution in [-0.4, -0.2) is 37.3 Å². The van der Waals surface area contributed by atoms with Crippen LogP contribution in [-0.2, 0) is 0 Å². The number of hydrogen-bond donors (Lipinski definition) is 0. The van der Waals surface area contributed by atoms with Crippen LogP contribution in [0.4, 0.5) is 0 Å². The van der Waals surface area contributed by atoms with E-state index in [-0.39, 0.29) is 35.5 Å². The van der Waals surface area contributed by atoms with Gasteiger partial charge in [-0.1, -0.05) is 6.07 Å². The molecule has 1 aromatic carbocycles. The Bertz CT molecular complexity index is 253. The second-order valence-corrected chi connectivity index (χ2v) is 2.18. The molecule has 0 atom stereocenters. The van der Waals surface area contributed by atoms with Gasteiger partial charge in [-0.3, -0.25) is 0 Å². The Morgan fingerprint density at radius 2 is 1.77 bits per heavy atom. The fourth-order valence-electron chi connectivity index (χ4n) is 0.852. The molecule has 1 aromatic rings. The summed E-state index contributed by atoms with van der Waals surface area (Å²) in [6, 6.07) is 5.52. The van der Waals surface area contributed by atoms with Crippen LogP contribution in [0.3, 0.4) is 0 Å². The molecule has 0 bridgehead atoms. The van der Waals surface area contributed by atoms with Gasteiger partial charge in [0.25, 0.3) is 0 Å². The average Bonchev–Trinajstić information content (AvgIpc) is 2.05. The van der Waals surface area contributed by atoms with Gasteiger partial charge in [0.15, 0.2) is 0 Å². The van der Waals surface area contributed by atoms with Gasteiger partial charge >= 0.3 is 23.1 Å². The van der Waals surface area contributed by atoms with E-state index < -0.39 is 0 Å². The quantitative estimate of drug-likeness (QED) is 0.438. The first-order valence-corrected chi connectivity index (χ1v) is 3.32. The van der Waals surface area contributed by atoms with Crippen LogP contribution in [0.2, 0.25) is 0 Å². The minimum absolute atomic E-state index is 0. The summed E-state index contributed by atoms with van der Waals surface area (Å²) >= 11 is 0. The molecule has 0 radical (unpaired) electrons. The summed E-state index contributed by atoms with van der Waals surface area (Å²) in [5.74, 6) is 1.54. The van der Waals surface area contributed by atoms with Gasteiger partial charge in [-0.15, -0.1) is 0 Å². The molecule has 0 aliphatic heterocycles. The number of halogens is 1. The summed E-state index contributed by atoms with van der Waals surface area (Å²) in [5.41, 5.74) is 0.869. The van der Waals surface area contributed by atoms with E-state index in [0.717, 1.165) is 17.1 Å². The van der Waals surface area contributed by atoms with Crippen LogP contribution in [0.15, 0.2) is 18.2 Å². The van der Waals surface area contributed by atoms with E-state index in [1.807, 2.05) is 18.2 Å². The fourth-order valence-corrected chi connectivity index (χ4v) is 0.852. The van der Waals surface area contributed by atoms with Crippen molar-refractivity contribution in [3.8, 4) is 11.5 Å². The Balaban J connectivity index is 0. The van der Waals surface area contributed by atoms with Crippen LogP contribution in [0.1, 0.15) is 5.56 Å². The van der Waals surface area contributed by atoms with Crippen molar-refractivity contribution in [3.63, 3.8) is 0 Å². The molecular weight excluding hydrogens is 200 g/mol. The Kier molecular flexibility index (Phi) is 8.41. The molecule has 0 unspecified atom stereocenters. The molecule has 0 amide bonds.